The van der Waals surface area contributed by atoms with Crippen LogP contribution in [0.1, 0.15) is 62.6 Å². The number of nitrogens with one attached hydrogen (secondary N) is 1. The average Bonchev–Trinajstić information content (AvgIpc) is 2.72. The van der Waals surface area contributed by atoms with Crippen LogP contribution in [-0.4, -0.2) is 19.1 Å². The second-order valence-corrected chi connectivity index (χ2v) is 8.09. The minimum absolute atomic E-state index is 0.123. The van der Waals surface area contributed by atoms with Gasteiger partial charge in [-0.3, -0.25) is 4.79 Å². The first-order valence-electron chi connectivity index (χ1n) is 10.9. The van der Waals surface area contributed by atoms with Gasteiger partial charge in [-0.25, -0.2) is 0 Å². The number of allylic oxidation sites excluding steroid dienone is 3. The van der Waals surface area contributed by atoms with Crippen LogP contribution in [-0.2, 0) is 28.5 Å². The molecule has 0 spiro atoms. The van der Waals surface area contributed by atoms with Crippen molar-refractivity contribution in [2.75, 3.05) is 13.2 Å². The van der Waals surface area contributed by atoms with Crippen LogP contribution in [0.5, 0.6) is 0 Å². The monoisotopic (exact) mass is 491 g/mol. The Labute approximate surface area is 196 Å². The topological polar surface area (TPSA) is 38.3 Å². The number of ether oxygens (including phenoxy) is 1. The zero-order chi connectivity index (χ0) is 25.8. The highest BCUT2D eigenvalue weighted by atomic mass is 19.4. The quantitative estimate of drug-likeness (QED) is 0.103. The molecule has 1 aromatic rings. The summed E-state index contributed by atoms with van der Waals surface area (Å²) in [5.41, 5.74) is -1.29. The van der Waals surface area contributed by atoms with Gasteiger partial charge in [-0.1, -0.05) is 43.2 Å². The average molecular weight is 492 g/mol. The molecular formula is C25H31F6NO2. The fraction of sp³-hybridized carbons (Fsp3) is 0.480. The fourth-order valence-electron chi connectivity index (χ4n) is 2.96. The van der Waals surface area contributed by atoms with E-state index in [0.717, 1.165) is 42.9 Å². The Morgan fingerprint density at radius 2 is 1.71 bits per heavy atom. The Hall–Kier alpha value is -2.55. The summed E-state index contributed by atoms with van der Waals surface area (Å²) in [5.74, 6) is -0.177. The van der Waals surface area contributed by atoms with Gasteiger partial charge in [-0.15, -0.1) is 0 Å². The molecule has 0 atom stereocenters. The lowest BCUT2D eigenvalue weighted by molar-refractivity contribution is -0.143. The Morgan fingerprint density at radius 3 is 2.32 bits per heavy atom. The highest BCUT2D eigenvalue weighted by Gasteiger charge is 2.38. The van der Waals surface area contributed by atoms with Crippen LogP contribution in [0.25, 0.3) is 0 Å². The zero-order valence-electron chi connectivity index (χ0n) is 19.4. The first kappa shape index (κ1) is 29.5. The van der Waals surface area contributed by atoms with Crippen LogP contribution in [0.15, 0.2) is 54.2 Å². The van der Waals surface area contributed by atoms with E-state index in [0.29, 0.717) is 19.0 Å². The third kappa shape index (κ3) is 12.1. The smallest absolute Gasteiger partial charge is 0.377 e. The van der Waals surface area contributed by atoms with Crippen molar-refractivity contribution in [3.63, 3.8) is 0 Å². The molecule has 0 aliphatic rings. The molecule has 0 saturated heterocycles. The number of carbonyl (C=O) groups excluding carboxylic acids is 1. The maximum atomic E-state index is 13.1. The second kappa shape index (κ2) is 14.0. The van der Waals surface area contributed by atoms with Gasteiger partial charge in [0, 0.05) is 19.2 Å². The molecule has 0 heterocycles. The third-order valence-corrected chi connectivity index (χ3v) is 4.71. The van der Waals surface area contributed by atoms with E-state index in [2.05, 4.69) is 11.9 Å². The second-order valence-electron chi connectivity index (χ2n) is 8.09. The first-order chi connectivity index (χ1) is 15.8. The predicted molar refractivity (Wildman–Crippen MR) is 120 cm³/mol. The molecule has 3 nitrogen and oxygen atoms in total. The van der Waals surface area contributed by atoms with Gasteiger partial charge in [0.05, 0.1) is 17.7 Å². The molecule has 1 rings (SSSR count). The van der Waals surface area contributed by atoms with Crippen molar-refractivity contribution in [2.24, 2.45) is 0 Å². The van der Waals surface area contributed by atoms with Crippen LogP contribution in [0.4, 0.5) is 26.3 Å². The van der Waals surface area contributed by atoms with Crippen molar-refractivity contribution in [3.05, 3.63) is 70.8 Å². The number of halogens is 6. The molecule has 0 bridgehead atoms. The fourth-order valence-corrected chi connectivity index (χ4v) is 2.96. The van der Waals surface area contributed by atoms with Crippen LogP contribution in [0.3, 0.4) is 0 Å². The van der Waals surface area contributed by atoms with Crippen molar-refractivity contribution in [1.82, 2.24) is 5.32 Å². The highest BCUT2D eigenvalue weighted by Crippen LogP contribution is 2.37. The Balaban J connectivity index is 2.30. The number of unbranched alkanes of at least 4 members (excludes halogenated alkanes) is 4. The maximum Gasteiger partial charge on any atom is 0.416 e. The summed E-state index contributed by atoms with van der Waals surface area (Å²) in [4.78, 5) is 11.7. The van der Waals surface area contributed by atoms with E-state index < -0.39 is 30.1 Å². The molecule has 0 radical (unpaired) electrons. The first-order valence-corrected chi connectivity index (χ1v) is 10.9. The normalized spacial score (nSPS) is 12.9. The molecule has 190 valence electrons. The number of alkyl halides is 6. The summed E-state index contributed by atoms with van der Waals surface area (Å²) in [6, 6.07) is 1.57. The van der Waals surface area contributed by atoms with Crippen molar-refractivity contribution in [1.29, 1.82) is 0 Å². The lowest BCUT2D eigenvalue weighted by Gasteiger charge is -2.16. The number of rotatable bonds is 13. The summed E-state index contributed by atoms with van der Waals surface area (Å²) in [6.07, 6.45) is -0.329. The summed E-state index contributed by atoms with van der Waals surface area (Å²) in [5, 5.41) is 2.72. The summed E-state index contributed by atoms with van der Waals surface area (Å²) in [7, 11) is 0. The van der Waals surface area contributed by atoms with Crippen molar-refractivity contribution >= 4 is 5.91 Å². The van der Waals surface area contributed by atoms with E-state index in [1.54, 1.807) is 0 Å². The lowest BCUT2D eigenvalue weighted by Crippen LogP contribution is -2.22. The van der Waals surface area contributed by atoms with E-state index in [9.17, 15) is 31.1 Å². The lowest BCUT2D eigenvalue weighted by atomic mass is 10.0. The molecule has 34 heavy (non-hydrogen) atoms. The molecule has 0 aliphatic heterocycles. The van der Waals surface area contributed by atoms with Gasteiger partial charge in [0.2, 0.25) is 5.91 Å². The Kier molecular flexibility index (Phi) is 12.1. The van der Waals surface area contributed by atoms with Crippen molar-refractivity contribution in [2.45, 2.75) is 64.9 Å². The van der Waals surface area contributed by atoms with E-state index in [-0.39, 0.29) is 24.1 Å². The van der Waals surface area contributed by atoms with Crippen LogP contribution >= 0.6 is 0 Å². The summed E-state index contributed by atoms with van der Waals surface area (Å²) >= 11 is 0. The third-order valence-electron chi connectivity index (χ3n) is 4.71. The van der Waals surface area contributed by atoms with E-state index >= 15 is 0 Å². The number of amides is 1. The van der Waals surface area contributed by atoms with Crippen LogP contribution < -0.4 is 5.32 Å². The van der Waals surface area contributed by atoms with Crippen molar-refractivity contribution in [3.8, 4) is 0 Å². The highest BCUT2D eigenvalue weighted by molar-refractivity contribution is 5.88. The van der Waals surface area contributed by atoms with Gasteiger partial charge in [-0.05, 0) is 56.4 Å². The van der Waals surface area contributed by atoms with E-state index in [1.807, 2.05) is 26.0 Å². The van der Waals surface area contributed by atoms with Crippen LogP contribution in [0.2, 0.25) is 0 Å². The van der Waals surface area contributed by atoms with Gasteiger partial charge >= 0.3 is 12.4 Å². The van der Waals surface area contributed by atoms with E-state index in [4.69, 9.17) is 4.74 Å². The molecule has 1 aromatic carbocycles. The minimum Gasteiger partial charge on any atom is -0.377 e. The van der Waals surface area contributed by atoms with Crippen LogP contribution in [0, 0.1) is 0 Å². The van der Waals surface area contributed by atoms with E-state index in [1.165, 1.54) is 6.08 Å². The number of hydrogen-bond donors (Lipinski definition) is 1. The molecular weight excluding hydrogens is 460 g/mol. The summed E-state index contributed by atoms with van der Waals surface area (Å²) < 4.78 is 82.7. The largest absolute Gasteiger partial charge is 0.416 e. The van der Waals surface area contributed by atoms with Gasteiger partial charge in [0.1, 0.15) is 0 Å². The number of hydrogen-bond acceptors (Lipinski definition) is 2. The maximum absolute atomic E-state index is 13.1. The molecule has 0 unspecified atom stereocenters. The molecule has 0 saturated carbocycles. The molecule has 9 heteroatoms. The zero-order valence-corrected chi connectivity index (χ0v) is 19.4. The molecule has 0 fully saturated rings. The number of benzene rings is 1. The van der Waals surface area contributed by atoms with Gasteiger partial charge in [0.15, 0.2) is 0 Å². The minimum atomic E-state index is -4.89. The molecule has 1 amide bonds. The standard InChI is InChI=1S/C25H31F6NO2/c1-18(2)16-32-23(33)14-19(3)10-8-6-4-5-7-9-13-34-17-20-11-12-21(24(26,27)28)15-22(20)25(29,30)31/h8,10-12,14-15H,1,4-7,9,13,16-17H2,2-3H3,(H,32,33). The Bertz CT molecular complexity index is 869. The van der Waals surface area contributed by atoms with Crippen molar-refractivity contribution < 1.29 is 35.9 Å². The summed E-state index contributed by atoms with van der Waals surface area (Å²) in [6.45, 7) is 7.62. The number of carbonyl (C=O) groups is 1. The van der Waals surface area contributed by atoms with Gasteiger partial charge in [-0.2, -0.15) is 26.3 Å². The predicted octanol–water partition coefficient (Wildman–Crippen LogP) is 7.39. The van der Waals surface area contributed by atoms with Gasteiger partial charge in [0.25, 0.3) is 0 Å². The SMILES string of the molecule is C=C(C)CNC(=O)C=C(C)C=CCCCCCCOCc1ccc(C(F)(F)F)cc1C(F)(F)F. The molecule has 0 aromatic heterocycles. The molecule has 0 aliphatic carbocycles. The molecule has 1 N–H and O–H groups in total. The Morgan fingerprint density at radius 1 is 1.03 bits per heavy atom. The van der Waals surface area contributed by atoms with Gasteiger partial charge < -0.3 is 10.1 Å².